The first-order valence-corrected chi connectivity index (χ1v) is 18.3. The molecule has 0 fully saturated rings. The average Bonchev–Trinajstić information content (AvgIpc) is 1.95. The Bertz CT molecular complexity index is 53.9. The van der Waals surface area contributed by atoms with Crippen LogP contribution in [0.25, 0.3) is 0 Å². The molecule has 0 nitrogen and oxygen atoms in total. The van der Waals surface area contributed by atoms with Gasteiger partial charge in [-0.2, -0.15) is 0 Å². The molecular weight excluding hydrogens is 354 g/mol. The number of rotatable bonds is 4. The Morgan fingerprint density at radius 3 is 1.44 bits per heavy atom. The number of hydrogen-bond donors (Lipinski definition) is 0. The first-order valence-electron chi connectivity index (χ1n) is 3.46. The van der Waals surface area contributed by atoms with Crippen LogP contribution < -0.4 is 17.6 Å². The molecule has 3 heteroatoms. The Kier molecular flexibility index (Phi) is 6.34. The van der Waals surface area contributed by atoms with Gasteiger partial charge in [0.1, 0.15) is 0 Å². The maximum atomic E-state index is 2.72. The summed E-state index contributed by atoms with van der Waals surface area (Å²) in [6, 6.07) is 0. The van der Waals surface area contributed by atoms with Crippen molar-refractivity contribution in [1.82, 2.24) is 0 Å². The van der Waals surface area contributed by atoms with Crippen LogP contribution in [0.4, 0.5) is 0 Å². The monoisotopic (exact) mass is 371 g/mol. The van der Waals surface area contributed by atoms with E-state index in [1.165, 1.54) is 0 Å². The number of hydrogen-bond acceptors (Lipinski definition) is 0. The molecule has 0 saturated heterocycles. The Balaban J connectivity index is 3.82. The van der Waals surface area contributed by atoms with Crippen LogP contribution in [0.2, 0.25) is 0 Å². The van der Waals surface area contributed by atoms with E-state index in [0.717, 1.165) is 0 Å². The molecule has 0 amide bonds. The molecule has 0 aromatic heterocycles. The zero-order valence-electron chi connectivity index (χ0n) is 6.58. The summed E-state index contributed by atoms with van der Waals surface area (Å²) in [5.41, 5.74) is 0. The predicted molar refractivity (Wildman–Crippen MR) is 54.2 cm³/mol. The third-order valence-corrected chi connectivity index (χ3v) is 47.9. The van der Waals surface area contributed by atoms with E-state index in [1.807, 2.05) is 0 Å². The van der Waals surface area contributed by atoms with E-state index >= 15 is 0 Å². The van der Waals surface area contributed by atoms with Crippen molar-refractivity contribution in [3.63, 3.8) is 0 Å². The van der Waals surface area contributed by atoms with Gasteiger partial charge in [-0.1, -0.05) is 0 Å². The normalized spacial score (nSPS) is 15.1. The molecule has 60 valence electrons. The van der Waals surface area contributed by atoms with Crippen LogP contribution in [0.5, 0.6) is 0 Å². The Labute approximate surface area is 77.2 Å². The van der Waals surface area contributed by atoms with Gasteiger partial charge in [-0.15, -0.1) is 0 Å². The van der Waals surface area contributed by atoms with Gasteiger partial charge < -0.3 is 0 Å². The van der Waals surface area contributed by atoms with Crippen LogP contribution in [-0.4, -0.2) is 17.8 Å². The van der Waals surface area contributed by atoms with E-state index in [4.69, 9.17) is 0 Å². The maximum absolute atomic E-state index is 2.72. The van der Waals surface area contributed by atoms with Gasteiger partial charge in [0.2, 0.25) is 0 Å². The molecule has 0 atom stereocenters. The molecule has 0 aromatic rings. The fraction of sp³-hybridized carbons (Fsp3) is 1.00. The van der Waals surface area contributed by atoms with E-state index in [-0.39, 0.29) is 0 Å². The standard InChI is InChI=1S/C6H17I2Si/c1-4-8(5-2,6-3)9-7/h4-6,9H2,1-3H3/q-1. The van der Waals surface area contributed by atoms with Crippen molar-refractivity contribution in [1.29, 1.82) is 0 Å². The molecule has 0 heterocycles. The van der Waals surface area contributed by atoms with Crippen molar-refractivity contribution in [3.05, 3.63) is 0 Å². The number of halogens is 2. The van der Waals surface area contributed by atoms with E-state index in [9.17, 15) is 0 Å². The predicted octanol–water partition coefficient (Wildman–Crippen LogP) is -1.36. The summed E-state index contributed by atoms with van der Waals surface area (Å²) in [4.78, 5) is 0. The molecule has 0 spiro atoms. The van der Waals surface area contributed by atoms with Gasteiger partial charge in [-0.05, 0) is 0 Å². The SMILES string of the molecule is CC[I-](CC)(CC)[SiH2]I. The zero-order chi connectivity index (χ0) is 7.33. The molecular formula is C6H17I2Si-. The van der Waals surface area contributed by atoms with E-state index in [0.29, 0.717) is 4.51 Å². The van der Waals surface area contributed by atoms with E-state index in [1.54, 1.807) is 13.3 Å². The van der Waals surface area contributed by atoms with Crippen molar-refractivity contribution < 1.29 is 17.6 Å². The molecule has 9 heavy (non-hydrogen) atoms. The number of alkyl halides is 3. The Morgan fingerprint density at radius 2 is 1.44 bits per heavy atom. The molecule has 0 aliphatic rings. The molecule has 0 saturated carbocycles. The fourth-order valence-corrected chi connectivity index (χ4v) is 32.7. The van der Waals surface area contributed by atoms with Crippen molar-refractivity contribution in [2.24, 2.45) is 0 Å². The summed E-state index contributed by atoms with van der Waals surface area (Å²) in [6.45, 7) is 7.24. The van der Waals surface area contributed by atoms with Crippen LogP contribution in [0.15, 0.2) is 0 Å². The molecule has 0 aromatic carbocycles. The minimum atomic E-state index is -0.968. The summed E-state index contributed by atoms with van der Waals surface area (Å²) in [7, 11) is 0. The van der Waals surface area contributed by atoms with Gasteiger partial charge >= 0.3 is 78.0 Å². The van der Waals surface area contributed by atoms with Gasteiger partial charge in [0, 0.05) is 0 Å². The van der Waals surface area contributed by atoms with Gasteiger partial charge in [-0.3, -0.25) is 0 Å². The summed E-state index contributed by atoms with van der Waals surface area (Å²) in [5.74, 6) is 0. The second-order valence-corrected chi connectivity index (χ2v) is 34.2. The fourth-order valence-electron chi connectivity index (χ4n) is 0.781. The summed E-state index contributed by atoms with van der Waals surface area (Å²) in [6.07, 6.45) is 0. The second kappa shape index (κ2) is 5.34. The quantitative estimate of drug-likeness (QED) is 0.248. The molecule has 0 N–H and O–H groups in total. The van der Waals surface area contributed by atoms with Crippen molar-refractivity contribution in [3.8, 4) is 0 Å². The van der Waals surface area contributed by atoms with Crippen LogP contribution in [0, 0.1) is 0 Å². The van der Waals surface area contributed by atoms with Gasteiger partial charge in [0.05, 0.1) is 0 Å². The molecule has 0 aliphatic carbocycles. The van der Waals surface area contributed by atoms with Gasteiger partial charge in [0.25, 0.3) is 0 Å². The topological polar surface area (TPSA) is 0 Å². The van der Waals surface area contributed by atoms with Crippen molar-refractivity contribution in [2.75, 3.05) is 13.3 Å². The molecule has 0 bridgehead atoms. The Morgan fingerprint density at radius 1 is 1.11 bits per heavy atom. The van der Waals surface area contributed by atoms with Crippen molar-refractivity contribution in [2.45, 2.75) is 20.8 Å². The van der Waals surface area contributed by atoms with Gasteiger partial charge in [-0.25, -0.2) is 0 Å². The second-order valence-electron chi connectivity index (χ2n) is 2.04. The first kappa shape index (κ1) is 10.7. The molecule has 0 aliphatic heterocycles. The third-order valence-electron chi connectivity index (χ3n) is 1.92. The average molecular weight is 371 g/mol. The van der Waals surface area contributed by atoms with Crippen LogP contribution in [0.1, 0.15) is 20.8 Å². The van der Waals surface area contributed by atoms with Crippen LogP contribution >= 0.6 is 21.8 Å². The Hall–Kier alpha value is 1.68. The van der Waals surface area contributed by atoms with Crippen LogP contribution in [-0.2, 0) is 0 Å². The molecule has 0 rings (SSSR count). The van der Waals surface area contributed by atoms with E-state index < -0.39 is 17.6 Å². The summed E-state index contributed by atoms with van der Waals surface area (Å²) in [5, 5.41) is 0. The third kappa shape index (κ3) is 3.05. The molecule has 0 radical (unpaired) electrons. The van der Waals surface area contributed by atoms with Crippen LogP contribution in [0.3, 0.4) is 0 Å². The minimum absolute atomic E-state index is 0.371. The van der Waals surface area contributed by atoms with Crippen molar-refractivity contribution >= 4 is 26.3 Å². The van der Waals surface area contributed by atoms with Gasteiger partial charge in [0.15, 0.2) is 0 Å². The first-order chi connectivity index (χ1) is 4.24. The zero-order valence-corrected chi connectivity index (χ0v) is 12.3. The molecule has 0 unspecified atom stereocenters. The van der Waals surface area contributed by atoms with E-state index in [2.05, 4.69) is 42.6 Å². The summed E-state index contributed by atoms with van der Waals surface area (Å²) < 4.78 is 5.11. The summed E-state index contributed by atoms with van der Waals surface area (Å²) >= 11 is 1.75.